The Kier molecular flexibility index (Phi) is 3.90. The van der Waals surface area contributed by atoms with E-state index < -0.39 is 0 Å². The Morgan fingerprint density at radius 1 is 1.26 bits per heavy atom. The summed E-state index contributed by atoms with van der Waals surface area (Å²) in [5, 5.41) is 0. The molecule has 0 spiro atoms. The molecule has 0 bridgehead atoms. The minimum Gasteiger partial charge on any atom is -0.294 e. The summed E-state index contributed by atoms with van der Waals surface area (Å²) in [6.45, 7) is 3.90. The summed E-state index contributed by atoms with van der Waals surface area (Å²) in [5.74, 6) is 0.0649. The van der Waals surface area contributed by atoms with Crippen molar-refractivity contribution in [1.82, 2.24) is 9.55 Å². The number of hydrogen-bond donors (Lipinski definition) is 0. The number of ketones is 1. The molecule has 1 heterocycles. The third-order valence-corrected chi connectivity index (χ3v) is 2.76. The Morgan fingerprint density at radius 2 is 1.95 bits per heavy atom. The molecule has 4 nitrogen and oxygen atoms in total. The topological polar surface area (TPSA) is 52.0 Å². The first kappa shape index (κ1) is 13.2. The van der Waals surface area contributed by atoms with E-state index in [2.05, 4.69) is 4.98 Å². The van der Waals surface area contributed by atoms with Crippen molar-refractivity contribution in [2.24, 2.45) is 5.92 Å². The zero-order valence-electron chi connectivity index (χ0n) is 11.0. The lowest BCUT2D eigenvalue weighted by Crippen LogP contribution is -2.26. The van der Waals surface area contributed by atoms with E-state index in [0.29, 0.717) is 12.1 Å². The first-order valence-electron chi connectivity index (χ1n) is 6.25. The maximum atomic E-state index is 12.3. The highest BCUT2D eigenvalue weighted by Crippen LogP contribution is 2.07. The first-order chi connectivity index (χ1) is 9.09. The predicted octanol–water partition coefficient (Wildman–Crippen LogP) is 2.46. The summed E-state index contributed by atoms with van der Waals surface area (Å²) in [5.41, 5.74) is 0.547. The van der Waals surface area contributed by atoms with Gasteiger partial charge in [0.05, 0.1) is 5.69 Å². The Balaban J connectivity index is 2.45. The highest BCUT2D eigenvalue weighted by Gasteiger charge is 2.14. The standard InChI is InChI=1S/C15H16N2O2/c1-11(2)8-14(18)13-9-16-10-17(15(13)19)12-6-4-3-5-7-12/h3-7,9-11H,8H2,1-2H3. The van der Waals surface area contributed by atoms with Gasteiger partial charge in [-0.15, -0.1) is 0 Å². The molecule has 0 atom stereocenters. The minimum atomic E-state index is -0.313. The van der Waals surface area contributed by atoms with E-state index >= 15 is 0 Å². The van der Waals surface area contributed by atoms with Gasteiger partial charge in [0.1, 0.15) is 11.9 Å². The van der Waals surface area contributed by atoms with E-state index in [1.165, 1.54) is 17.1 Å². The minimum absolute atomic E-state index is 0.153. The number of carbonyl (C=O) groups is 1. The summed E-state index contributed by atoms with van der Waals surface area (Å²) in [7, 11) is 0. The lowest BCUT2D eigenvalue weighted by atomic mass is 10.0. The van der Waals surface area contributed by atoms with Crippen molar-refractivity contribution in [3.63, 3.8) is 0 Å². The van der Waals surface area contributed by atoms with E-state index in [4.69, 9.17) is 0 Å². The molecule has 0 aliphatic rings. The second-order valence-corrected chi connectivity index (χ2v) is 4.84. The Labute approximate surface area is 111 Å². The van der Waals surface area contributed by atoms with Gasteiger partial charge in [0.15, 0.2) is 5.78 Å². The molecule has 1 aromatic heterocycles. The zero-order valence-corrected chi connectivity index (χ0v) is 11.0. The lowest BCUT2D eigenvalue weighted by molar-refractivity contribution is 0.0965. The van der Waals surface area contributed by atoms with Gasteiger partial charge >= 0.3 is 0 Å². The maximum absolute atomic E-state index is 12.3. The summed E-state index contributed by atoms with van der Waals surface area (Å²) in [6.07, 6.45) is 3.14. The van der Waals surface area contributed by atoms with E-state index in [1.807, 2.05) is 32.0 Å². The van der Waals surface area contributed by atoms with Crippen LogP contribution in [0.3, 0.4) is 0 Å². The number of hydrogen-bond acceptors (Lipinski definition) is 3. The molecule has 0 fully saturated rings. The Hall–Kier alpha value is -2.23. The molecule has 19 heavy (non-hydrogen) atoms. The molecule has 2 aromatic rings. The predicted molar refractivity (Wildman–Crippen MR) is 73.6 cm³/mol. The number of carbonyl (C=O) groups excluding carboxylic acids is 1. The SMILES string of the molecule is CC(C)CC(=O)c1cncn(-c2ccccc2)c1=O. The average molecular weight is 256 g/mol. The van der Waals surface area contributed by atoms with Crippen molar-refractivity contribution in [2.75, 3.05) is 0 Å². The molecule has 0 amide bonds. The number of rotatable bonds is 4. The van der Waals surface area contributed by atoms with E-state index in [-0.39, 0.29) is 22.8 Å². The molecule has 2 rings (SSSR count). The third-order valence-electron chi connectivity index (χ3n) is 2.76. The van der Waals surface area contributed by atoms with Crippen LogP contribution in [0.25, 0.3) is 5.69 Å². The second kappa shape index (κ2) is 5.61. The molecule has 0 unspecified atom stereocenters. The summed E-state index contributed by atoms with van der Waals surface area (Å²) < 4.78 is 1.40. The van der Waals surface area contributed by atoms with Crippen LogP contribution in [0, 0.1) is 5.92 Å². The van der Waals surface area contributed by atoms with Crippen molar-refractivity contribution < 1.29 is 4.79 Å². The molecule has 4 heteroatoms. The maximum Gasteiger partial charge on any atom is 0.268 e. The number of para-hydroxylation sites is 1. The number of aromatic nitrogens is 2. The average Bonchev–Trinajstić information content (AvgIpc) is 2.39. The summed E-state index contributed by atoms with van der Waals surface area (Å²) in [4.78, 5) is 28.3. The van der Waals surface area contributed by atoms with Crippen LogP contribution in [0.15, 0.2) is 47.7 Å². The molecule has 0 aliphatic carbocycles. The fourth-order valence-corrected chi connectivity index (χ4v) is 1.86. The molecule has 1 aromatic carbocycles. The first-order valence-corrected chi connectivity index (χ1v) is 6.25. The van der Waals surface area contributed by atoms with Gasteiger partial charge in [-0.1, -0.05) is 32.0 Å². The van der Waals surface area contributed by atoms with Crippen LogP contribution in [-0.2, 0) is 0 Å². The molecule has 0 saturated heterocycles. The molecule has 0 N–H and O–H groups in total. The van der Waals surface area contributed by atoms with Crippen LogP contribution >= 0.6 is 0 Å². The fourth-order valence-electron chi connectivity index (χ4n) is 1.86. The molecule has 0 aliphatic heterocycles. The molecule has 0 radical (unpaired) electrons. The normalized spacial score (nSPS) is 10.7. The fraction of sp³-hybridized carbons (Fsp3) is 0.267. The molecular formula is C15H16N2O2. The van der Waals surface area contributed by atoms with Crippen molar-refractivity contribution in [3.8, 4) is 5.69 Å². The monoisotopic (exact) mass is 256 g/mol. The number of benzene rings is 1. The highest BCUT2D eigenvalue weighted by atomic mass is 16.1. The number of Topliss-reactive ketones (excluding diaryl/α,β-unsaturated/α-hetero) is 1. The van der Waals surface area contributed by atoms with Crippen molar-refractivity contribution >= 4 is 5.78 Å². The van der Waals surface area contributed by atoms with Crippen LogP contribution < -0.4 is 5.56 Å². The smallest absolute Gasteiger partial charge is 0.268 e. The van der Waals surface area contributed by atoms with Crippen molar-refractivity contribution in [2.45, 2.75) is 20.3 Å². The van der Waals surface area contributed by atoms with Crippen LogP contribution in [0.1, 0.15) is 30.6 Å². The van der Waals surface area contributed by atoms with Crippen LogP contribution in [0.4, 0.5) is 0 Å². The molecule has 98 valence electrons. The zero-order chi connectivity index (χ0) is 13.8. The molecular weight excluding hydrogens is 240 g/mol. The quantitative estimate of drug-likeness (QED) is 0.789. The van der Waals surface area contributed by atoms with Gasteiger partial charge in [0.25, 0.3) is 5.56 Å². The van der Waals surface area contributed by atoms with Crippen molar-refractivity contribution in [3.05, 3.63) is 58.8 Å². The largest absolute Gasteiger partial charge is 0.294 e. The van der Waals surface area contributed by atoms with E-state index in [1.54, 1.807) is 12.1 Å². The van der Waals surface area contributed by atoms with Gasteiger partial charge in [-0.05, 0) is 18.1 Å². The Bertz CT molecular complexity index is 630. The van der Waals surface area contributed by atoms with Gasteiger partial charge in [-0.3, -0.25) is 14.2 Å². The highest BCUT2D eigenvalue weighted by molar-refractivity contribution is 5.95. The summed E-state index contributed by atoms with van der Waals surface area (Å²) >= 11 is 0. The van der Waals surface area contributed by atoms with Crippen LogP contribution in [0.5, 0.6) is 0 Å². The Morgan fingerprint density at radius 3 is 2.58 bits per heavy atom. The van der Waals surface area contributed by atoms with Gasteiger partial charge in [0.2, 0.25) is 0 Å². The van der Waals surface area contributed by atoms with Crippen LogP contribution in [0.2, 0.25) is 0 Å². The second-order valence-electron chi connectivity index (χ2n) is 4.84. The van der Waals surface area contributed by atoms with Gasteiger partial charge in [-0.25, -0.2) is 4.98 Å². The van der Waals surface area contributed by atoms with Gasteiger partial charge in [-0.2, -0.15) is 0 Å². The van der Waals surface area contributed by atoms with Gasteiger partial charge in [0, 0.05) is 12.6 Å². The molecule has 0 saturated carbocycles. The van der Waals surface area contributed by atoms with Gasteiger partial charge < -0.3 is 0 Å². The van der Waals surface area contributed by atoms with Crippen LogP contribution in [-0.4, -0.2) is 15.3 Å². The summed E-state index contributed by atoms with van der Waals surface area (Å²) in [6, 6.07) is 9.16. The van der Waals surface area contributed by atoms with Crippen molar-refractivity contribution in [1.29, 1.82) is 0 Å². The van der Waals surface area contributed by atoms with E-state index in [9.17, 15) is 9.59 Å². The third kappa shape index (κ3) is 2.96. The van der Waals surface area contributed by atoms with E-state index in [0.717, 1.165) is 0 Å². The lowest BCUT2D eigenvalue weighted by Gasteiger charge is -2.07. The number of nitrogens with zero attached hydrogens (tertiary/aromatic N) is 2.